The van der Waals surface area contributed by atoms with Gasteiger partial charge in [-0.05, 0) is 31.9 Å². The van der Waals surface area contributed by atoms with Crippen molar-refractivity contribution in [3.05, 3.63) is 35.4 Å². The highest BCUT2D eigenvalue weighted by Gasteiger charge is 2.42. The van der Waals surface area contributed by atoms with Gasteiger partial charge in [-0.15, -0.1) is 0 Å². The standard InChI is InChI=1S/C15H22N2O/c1-12-3-5-13(6-4-12)9-14(18)17(2)11-15(10-16)7-8-15/h3-6H,7-11,16H2,1-2H3. The Morgan fingerprint density at radius 2 is 1.94 bits per heavy atom. The van der Waals surface area contributed by atoms with Crippen LogP contribution in [-0.4, -0.2) is 30.9 Å². The monoisotopic (exact) mass is 246 g/mol. The van der Waals surface area contributed by atoms with Crippen molar-refractivity contribution >= 4 is 5.91 Å². The fourth-order valence-corrected chi connectivity index (χ4v) is 2.21. The molecule has 0 spiro atoms. The second-order valence-corrected chi connectivity index (χ2v) is 5.62. The summed E-state index contributed by atoms with van der Waals surface area (Å²) in [4.78, 5) is 13.9. The van der Waals surface area contributed by atoms with Crippen molar-refractivity contribution in [2.75, 3.05) is 20.1 Å². The predicted molar refractivity (Wildman–Crippen MR) is 73.2 cm³/mol. The minimum Gasteiger partial charge on any atom is -0.345 e. The molecular weight excluding hydrogens is 224 g/mol. The van der Waals surface area contributed by atoms with Crippen LogP contribution in [0.5, 0.6) is 0 Å². The molecule has 3 heteroatoms. The van der Waals surface area contributed by atoms with Crippen LogP contribution in [0, 0.1) is 12.3 Å². The van der Waals surface area contributed by atoms with Gasteiger partial charge in [0.1, 0.15) is 0 Å². The molecule has 1 amide bonds. The van der Waals surface area contributed by atoms with Gasteiger partial charge in [0.05, 0.1) is 6.42 Å². The summed E-state index contributed by atoms with van der Waals surface area (Å²) in [6.45, 7) is 3.54. The molecule has 1 aliphatic carbocycles. The second kappa shape index (κ2) is 5.11. The maximum atomic E-state index is 12.1. The number of hydrogen-bond donors (Lipinski definition) is 1. The van der Waals surface area contributed by atoms with E-state index in [9.17, 15) is 4.79 Å². The summed E-state index contributed by atoms with van der Waals surface area (Å²) >= 11 is 0. The maximum Gasteiger partial charge on any atom is 0.226 e. The smallest absolute Gasteiger partial charge is 0.226 e. The third-order valence-electron chi connectivity index (χ3n) is 3.86. The van der Waals surface area contributed by atoms with Gasteiger partial charge in [0, 0.05) is 19.0 Å². The number of aryl methyl sites for hydroxylation is 1. The molecule has 1 aliphatic rings. The Morgan fingerprint density at radius 1 is 1.33 bits per heavy atom. The van der Waals surface area contributed by atoms with E-state index >= 15 is 0 Å². The largest absolute Gasteiger partial charge is 0.345 e. The number of likely N-dealkylation sites (N-methyl/N-ethyl adjacent to an activating group) is 1. The van der Waals surface area contributed by atoms with Gasteiger partial charge in [0.25, 0.3) is 0 Å². The molecule has 1 aromatic carbocycles. The Bertz CT molecular complexity index is 421. The van der Waals surface area contributed by atoms with Crippen molar-refractivity contribution in [3.63, 3.8) is 0 Å². The Morgan fingerprint density at radius 3 is 2.44 bits per heavy atom. The van der Waals surface area contributed by atoms with E-state index in [-0.39, 0.29) is 11.3 Å². The number of benzene rings is 1. The van der Waals surface area contributed by atoms with Crippen LogP contribution in [0.15, 0.2) is 24.3 Å². The Balaban J connectivity index is 1.89. The maximum absolute atomic E-state index is 12.1. The van der Waals surface area contributed by atoms with Gasteiger partial charge in [-0.3, -0.25) is 4.79 Å². The quantitative estimate of drug-likeness (QED) is 0.860. The van der Waals surface area contributed by atoms with E-state index < -0.39 is 0 Å². The molecule has 1 fully saturated rings. The van der Waals surface area contributed by atoms with Crippen LogP contribution < -0.4 is 5.73 Å². The summed E-state index contributed by atoms with van der Waals surface area (Å²) in [5.74, 6) is 0.179. The van der Waals surface area contributed by atoms with Crippen molar-refractivity contribution in [3.8, 4) is 0 Å². The minimum atomic E-state index is 0.179. The summed E-state index contributed by atoms with van der Waals surface area (Å²) in [5, 5.41) is 0. The lowest BCUT2D eigenvalue weighted by Gasteiger charge is -2.23. The van der Waals surface area contributed by atoms with E-state index in [1.807, 2.05) is 36.2 Å². The van der Waals surface area contributed by atoms with E-state index in [4.69, 9.17) is 5.73 Å². The molecule has 0 unspecified atom stereocenters. The topological polar surface area (TPSA) is 46.3 Å². The van der Waals surface area contributed by atoms with Crippen LogP contribution in [0.4, 0.5) is 0 Å². The van der Waals surface area contributed by atoms with Crippen molar-refractivity contribution in [2.24, 2.45) is 11.1 Å². The highest BCUT2D eigenvalue weighted by molar-refractivity contribution is 5.78. The van der Waals surface area contributed by atoms with Gasteiger partial charge >= 0.3 is 0 Å². The van der Waals surface area contributed by atoms with Crippen molar-refractivity contribution in [2.45, 2.75) is 26.2 Å². The molecule has 3 nitrogen and oxygen atoms in total. The zero-order valence-corrected chi connectivity index (χ0v) is 11.3. The van der Waals surface area contributed by atoms with Crippen molar-refractivity contribution < 1.29 is 4.79 Å². The minimum absolute atomic E-state index is 0.179. The fraction of sp³-hybridized carbons (Fsp3) is 0.533. The molecule has 0 saturated heterocycles. The third kappa shape index (κ3) is 3.10. The molecular formula is C15H22N2O. The first-order chi connectivity index (χ1) is 8.54. The number of nitrogens with zero attached hydrogens (tertiary/aromatic N) is 1. The average Bonchev–Trinajstić information content (AvgIpc) is 3.12. The first-order valence-corrected chi connectivity index (χ1v) is 6.54. The molecule has 98 valence electrons. The molecule has 1 aromatic rings. The van der Waals surface area contributed by atoms with Gasteiger partial charge < -0.3 is 10.6 Å². The van der Waals surface area contributed by atoms with Gasteiger partial charge in [-0.2, -0.15) is 0 Å². The van der Waals surface area contributed by atoms with Crippen LogP contribution in [0.25, 0.3) is 0 Å². The summed E-state index contributed by atoms with van der Waals surface area (Å²) in [5.41, 5.74) is 8.27. The first-order valence-electron chi connectivity index (χ1n) is 6.54. The highest BCUT2D eigenvalue weighted by Crippen LogP contribution is 2.44. The van der Waals surface area contributed by atoms with Crippen LogP contribution >= 0.6 is 0 Å². The van der Waals surface area contributed by atoms with Crippen molar-refractivity contribution in [1.29, 1.82) is 0 Å². The lowest BCUT2D eigenvalue weighted by atomic mass is 10.1. The third-order valence-corrected chi connectivity index (χ3v) is 3.86. The Kier molecular flexibility index (Phi) is 3.71. The van der Waals surface area contributed by atoms with Gasteiger partial charge in [0.2, 0.25) is 5.91 Å². The molecule has 2 rings (SSSR count). The average molecular weight is 246 g/mol. The van der Waals surface area contributed by atoms with Crippen LogP contribution in [0.1, 0.15) is 24.0 Å². The SMILES string of the molecule is Cc1ccc(CC(=O)N(C)CC2(CN)CC2)cc1. The summed E-state index contributed by atoms with van der Waals surface area (Å²) < 4.78 is 0. The van der Waals surface area contributed by atoms with E-state index in [1.165, 1.54) is 5.56 Å². The van der Waals surface area contributed by atoms with E-state index in [1.54, 1.807) is 0 Å². The number of nitrogens with two attached hydrogens (primary N) is 1. The fourth-order valence-electron chi connectivity index (χ4n) is 2.21. The number of hydrogen-bond acceptors (Lipinski definition) is 2. The molecule has 0 bridgehead atoms. The zero-order valence-electron chi connectivity index (χ0n) is 11.3. The zero-order chi connectivity index (χ0) is 13.2. The van der Waals surface area contributed by atoms with Crippen LogP contribution in [-0.2, 0) is 11.2 Å². The predicted octanol–water partition coefficient (Wildman–Crippen LogP) is 1.73. The van der Waals surface area contributed by atoms with Crippen molar-refractivity contribution in [1.82, 2.24) is 4.90 Å². The normalized spacial score (nSPS) is 16.4. The summed E-state index contributed by atoms with van der Waals surface area (Å²) in [6.07, 6.45) is 2.80. The molecule has 0 aromatic heterocycles. The highest BCUT2D eigenvalue weighted by atomic mass is 16.2. The number of carbonyl (C=O) groups excluding carboxylic acids is 1. The Labute approximate surface area is 109 Å². The summed E-state index contributed by atoms with van der Waals surface area (Å²) in [7, 11) is 1.88. The second-order valence-electron chi connectivity index (χ2n) is 5.62. The summed E-state index contributed by atoms with van der Waals surface area (Å²) in [6, 6.07) is 8.14. The van der Waals surface area contributed by atoms with Crippen LogP contribution in [0.2, 0.25) is 0 Å². The first kappa shape index (κ1) is 13.1. The van der Waals surface area contributed by atoms with Gasteiger partial charge in [-0.25, -0.2) is 0 Å². The number of amides is 1. The van der Waals surface area contributed by atoms with E-state index in [2.05, 4.69) is 6.92 Å². The van der Waals surface area contributed by atoms with E-state index in [0.29, 0.717) is 13.0 Å². The molecule has 0 heterocycles. The number of carbonyl (C=O) groups is 1. The van der Waals surface area contributed by atoms with Gasteiger partial charge in [-0.1, -0.05) is 29.8 Å². The Hall–Kier alpha value is -1.35. The molecule has 0 radical (unpaired) electrons. The molecule has 1 saturated carbocycles. The van der Waals surface area contributed by atoms with Gasteiger partial charge in [0.15, 0.2) is 0 Å². The lowest BCUT2D eigenvalue weighted by Crippen LogP contribution is -2.36. The van der Waals surface area contributed by atoms with Crippen LogP contribution in [0.3, 0.4) is 0 Å². The molecule has 18 heavy (non-hydrogen) atoms. The lowest BCUT2D eigenvalue weighted by molar-refractivity contribution is -0.129. The van der Waals surface area contributed by atoms with E-state index in [0.717, 1.165) is 24.9 Å². The molecule has 0 aliphatic heterocycles. The number of rotatable bonds is 5. The molecule has 0 atom stereocenters. The molecule has 2 N–H and O–H groups in total.